The number of nitrogens with zero attached hydrogens (tertiary/aromatic N) is 1. The van der Waals surface area contributed by atoms with Crippen molar-refractivity contribution in [1.29, 1.82) is 0 Å². The van der Waals surface area contributed by atoms with E-state index in [2.05, 4.69) is 31.7 Å². The van der Waals surface area contributed by atoms with Gasteiger partial charge in [-0.2, -0.15) is 0 Å². The summed E-state index contributed by atoms with van der Waals surface area (Å²) in [5.41, 5.74) is 2.55. The largest absolute Gasteiger partial charge is 0.504 e. The molecule has 1 aromatic carbocycles. The van der Waals surface area contributed by atoms with Crippen molar-refractivity contribution in [1.82, 2.24) is 4.90 Å². The van der Waals surface area contributed by atoms with E-state index >= 15 is 0 Å². The molecule has 112 valence electrons. The summed E-state index contributed by atoms with van der Waals surface area (Å²) in [4.78, 5) is 2.53. The highest BCUT2D eigenvalue weighted by molar-refractivity contribution is 5.52. The molecule has 1 N–H and O–H groups in total. The first kappa shape index (κ1) is 15.2. The Kier molecular flexibility index (Phi) is 5.30. The molecule has 1 aliphatic rings. The van der Waals surface area contributed by atoms with Crippen LogP contribution in [0.5, 0.6) is 11.5 Å². The first-order valence-electron chi connectivity index (χ1n) is 7.88. The van der Waals surface area contributed by atoms with Gasteiger partial charge in [0.1, 0.15) is 6.10 Å². The molecule has 0 aromatic heterocycles. The highest BCUT2D eigenvalue weighted by Gasteiger charge is 2.25. The zero-order valence-corrected chi connectivity index (χ0v) is 13.0. The topological polar surface area (TPSA) is 32.7 Å². The van der Waals surface area contributed by atoms with Crippen LogP contribution in [-0.2, 0) is 12.8 Å². The van der Waals surface area contributed by atoms with Crippen molar-refractivity contribution in [3.63, 3.8) is 0 Å². The van der Waals surface area contributed by atoms with E-state index in [9.17, 15) is 5.11 Å². The molecule has 0 saturated carbocycles. The zero-order chi connectivity index (χ0) is 14.5. The van der Waals surface area contributed by atoms with Gasteiger partial charge in [-0.05, 0) is 50.9 Å². The maximum Gasteiger partial charge on any atom is 0.164 e. The van der Waals surface area contributed by atoms with Crippen LogP contribution in [0.2, 0.25) is 0 Å². The van der Waals surface area contributed by atoms with E-state index < -0.39 is 0 Å². The van der Waals surface area contributed by atoms with Crippen LogP contribution in [-0.4, -0.2) is 35.7 Å². The molecule has 3 nitrogen and oxygen atoms in total. The Bertz CT molecular complexity index is 439. The molecule has 0 saturated heterocycles. The van der Waals surface area contributed by atoms with E-state index in [-0.39, 0.29) is 11.9 Å². The van der Waals surface area contributed by atoms with Crippen molar-refractivity contribution in [2.45, 2.75) is 52.6 Å². The minimum absolute atomic E-state index is 0.180. The number of phenolic OH excluding ortho intramolecular Hbond substituents is 1. The molecule has 1 unspecified atom stereocenters. The Balaban J connectivity index is 2.05. The van der Waals surface area contributed by atoms with Crippen LogP contribution < -0.4 is 4.74 Å². The van der Waals surface area contributed by atoms with Crippen LogP contribution >= 0.6 is 0 Å². The third-order valence-electron chi connectivity index (χ3n) is 3.92. The number of phenols is 1. The third-order valence-corrected chi connectivity index (χ3v) is 3.92. The van der Waals surface area contributed by atoms with E-state index in [0.717, 1.165) is 19.4 Å². The van der Waals surface area contributed by atoms with Gasteiger partial charge in [-0.15, -0.1) is 0 Å². The summed E-state index contributed by atoms with van der Waals surface area (Å²) in [7, 11) is 0. The van der Waals surface area contributed by atoms with Crippen molar-refractivity contribution in [3.05, 3.63) is 23.3 Å². The second-order valence-electron chi connectivity index (χ2n) is 5.78. The Morgan fingerprint density at radius 1 is 1.20 bits per heavy atom. The lowest BCUT2D eigenvalue weighted by atomic mass is 10.00. The lowest BCUT2D eigenvalue weighted by Gasteiger charge is -2.21. The van der Waals surface area contributed by atoms with E-state index in [1.54, 1.807) is 6.07 Å². The maximum atomic E-state index is 9.88. The van der Waals surface area contributed by atoms with Crippen molar-refractivity contribution in [3.8, 4) is 11.5 Å². The van der Waals surface area contributed by atoms with Crippen molar-refractivity contribution < 1.29 is 9.84 Å². The number of hydrogen-bond acceptors (Lipinski definition) is 3. The van der Waals surface area contributed by atoms with Gasteiger partial charge in [0.25, 0.3) is 0 Å². The number of rotatable bonds is 7. The van der Waals surface area contributed by atoms with E-state index in [1.807, 2.05) is 0 Å². The first-order valence-corrected chi connectivity index (χ1v) is 7.88. The molecule has 1 atom stereocenters. The molecular formula is C17H27NO2. The Morgan fingerprint density at radius 3 is 2.55 bits per heavy atom. The Hall–Kier alpha value is -1.22. The summed E-state index contributed by atoms with van der Waals surface area (Å²) >= 11 is 0. The van der Waals surface area contributed by atoms with Gasteiger partial charge in [-0.1, -0.05) is 19.9 Å². The molecule has 0 amide bonds. The highest BCUT2D eigenvalue weighted by atomic mass is 16.5. The molecule has 0 spiro atoms. The Morgan fingerprint density at radius 2 is 1.90 bits per heavy atom. The van der Waals surface area contributed by atoms with Gasteiger partial charge in [-0.25, -0.2) is 0 Å². The van der Waals surface area contributed by atoms with Gasteiger partial charge in [-0.3, -0.25) is 0 Å². The van der Waals surface area contributed by atoms with Crippen LogP contribution in [0.4, 0.5) is 0 Å². The summed E-state index contributed by atoms with van der Waals surface area (Å²) in [6.07, 6.45) is 4.54. The Labute approximate surface area is 122 Å². The number of ether oxygens (including phenoxy) is 1. The average molecular weight is 277 g/mol. The van der Waals surface area contributed by atoms with E-state index in [0.29, 0.717) is 5.75 Å². The minimum Gasteiger partial charge on any atom is -0.504 e. The molecule has 0 bridgehead atoms. The van der Waals surface area contributed by atoms with E-state index in [4.69, 9.17) is 4.74 Å². The second kappa shape index (κ2) is 6.98. The highest BCUT2D eigenvalue weighted by Crippen LogP contribution is 2.39. The van der Waals surface area contributed by atoms with Crippen LogP contribution in [0.3, 0.4) is 0 Å². The van der Waals surface area contributed by atoms with Gasteiger partial charge >= 0.3 is 0 Å². The van der Waals surface area contributed by atoms with Crippen LogP contribution in [0.25, 0.3) is 0 Å². The molecule has 1 heterocycles. The number of aromatic hydroxyl groups is 1. The molecule has 1 aromatic rings. The average Bonchev–Trinajstić information content (AvgIpc) is 2.81. The normalized spacial score (nSPS) is 17.3. The lowest BCUT2D eigenvalue weighted by molar-refractivity contribution is 0.245. The van der Waals surface area contributed by atoms with Gasteiger partial charge in [0.15, 0.2) is 11.5 Å². The molecular weight excluding hydrogens is 250 g/mol. The fourth-order valence-corrected chi connectivity index (χ4v) is 3.02. The first-order chi connectivity index (χ1) is 9.65. The molecule has 20 heavy (non-hydrogen) atoms. The molecule has 0 fully saturated rings. The SMILES string of the molecule is CCCN(CCC)CCc1ccc(O)c2c1CC(C)O2. The number of fused-ring (bicyclic) bond motifs is 1. The lowest BCUT2D eigenvalue weighted by Crippen LogP contribution is -2.28. The molecule has 3 heteroatoms. The fourth-order valence-electron chi connectivity index (χ4n) is 3.02. The van der Waals surface area contributed by atoms with Gasteiger partial charge in [0.05, 0.1) is 0 Å². The third kappa shape index (κ3) is 3.45. The van der Waals surface area contributed by atoms with Crippen molar-refractivity contribution in [2.24, 2.45) is 0 Å². The standard InChI is InChI=1S/C17H27NO2/c1-4-9-18(10-5-2)11-8-14-6-7-16(19)17-15(14)12-13(3)20-17/h6-7,13,19H,4-5,8-12H2,1-3H3. The maximum absolute atomic E-state index is 9.88. The summed E-state index contributed by atoms with van der Waals surface area (Å²) < 4.78 is 5.72. The minimum atomic E-state index is 0.180. The zero-order valence-electron chi connectivity index (χ0n) is 13.0. The second-order valence-corrected chi connectivity index (χ2v) is 5.78. The summed E-state index contributed by atoms with van der Waals surface area (Å²) in [6.45, 7) is 9.95. The van der Waals surface area contributed by atoms with E-state index in [1.165, 1.54) is 37.1 Å². The fraction of sp³-hybridized carbons (Fsp3) is 0.647. The van der Waals surface area contributed by atoms with Gasteiger partial charge in [0, 0.05) is 18.5 Å². The summed E-state index contributed by atoms with van der Waals surface area (Å²) in [5.74, 6) is 1.000. The molecule has 2 rings (SSSR count). The van der Waals surface area contributed by atoms with Gasteiger partial charge in [0.2, 0.25) is 0 Å². The molecule has 0 aliphatic carbocycles. The molecule has 0 radical (unpaired) electrons. The molecule has 1 aliphatic heterocycles. The van der Waals surface area contributed by atoms with Crippen LogP contribution in [0.1, 0.15) is 44.7 Å². The van der Waals surface area contributed by atoms with Gasteiger partial charge < -0.3 is 14.7 Å². The van der Waals surface area contributed by atoms with Crippen LogP contribution in [0.15, 0.2) is 12.1 Å². The predicted molar refractivity (Wildman–Crippen MR) is 82.6 cm³/mol. The van der Waals surface area contributed by atoms with Crippen LogP contribution in [0, 0.1) is 0 Å². The van der Waals surface area contributed by atoms with Crippen molar-refractivity contribution >= 4 is 0 Å². The number of benzene rings is 1. The smallest absolute Gasteiger partial charge is 0.164 e. The van der Waals surface area contributed by atoms with Crippen molar-refractivity contribution in [2.75, 3.05) is 19.6 Å². The summed E-state index contributed by atoms with van der Waals surface area (Å²) in [5, 5.41) is 9.88. The monoisotopic (exact) mass is 277 g/mol. The predicted octanol–water partition coefficient (Wildman–Crippen LogP) is 3.38. The number of hydrogen-bond donors (Lipinski definition) is 1. The summed E-state index contributed by atoms with van der Waals surface area (Å²) in [6, 6.07) is 3.84. The quantitative estimate of drug-likeness (QED) is 0.829.